The number of hydrogen-bond acceptors (Lipinski definition) is 2. The second-order valence-corrected chi connectivity index (χ2v) is 7.21. The zero-order valence-corrected chi connectivity index (χ0v) is 12.1. The van der Waals surface area contributed by atoms with Crippen LogP contribution in [0.2, 0.25) is 0 Å². The van der Waals surface area contributed by atoms with Gasteiger partial charge < -0.3 is 5.32 Å². The fourth-order valence-corrected chi connectivity index (χ4v) is 4.90. The molecule has 2 heteroatoms. The monoisotopic (exact) mass is 250 g/mol. The van der Waals surface area contributed by atoms with Gasteiger partial charge in [0.2, 0.25) is 0 Å². The molecule has 2 nitrogen and oxygen atoms in total. The summed E-state index contributed by atoms with van der Waals surface area (Å²) >= 11 is 0. The van der Waals surface area contributed by atoms with Crippen LogP contribution in [0, 0.1) is 11.3 Å². The third-order valence-corrected chi connectivity index (χ3v) is 5.78. The molecule has 104 valence electrons. The SMILES string of the molecule is CNCC1(CN2CC3CCC2C3)CCCCCC1. The van der Waals surface area contributed by atoms with Gasteiger partial charge in [0, 0.05) is 25.7 Å². The van der Waals surface area contributed by atoms with Gasteiger partial charge in [0.25, 0.3) is 0 Å². The maximum absolute atomic E-state index is 3.50. The zero-order chi connectivity index (χ0) is 12.4. The lowest BCUT2D eigenvalue weighted by Crippen LogP contribution is -2.46. The van der Waals surface area contributed by atoms with E-state index in [9.17, 15) is 0 Å². The number of nitrogens with one attached hydrogen (secondary N) is 1. The first-order valence-electron chi connectivity index (χ1n) is 8.20. The third-order valence-electron chi connectivity index (χ3n) is 5.78. The molecule has 0 spiro atoms. The molecule has 2 aliphatic carbocycles. The van der Waals surface area contributed by atoms with E-state index in [2.05, 4.69) is 17.3 Å². The molecule has 3 fully saturated rings. The van der Waals surface area contributed by atoms with E-state index in [-0.39, 0.29) is 0 Å². The van der Waals surface area contributed by atoms with Gasteiger partial charge in [-0.15, -0.1) is 0 Å². The lowest BCUT2D eigenvalue weighted by Gasteiger charge is -2.40. The highest BCUT2D eigenvalue weighted by Gasteiger charge is 2.41. The largest absolute Gasteiger partial charge is 0.319 e. The van der Waals surface area contributed by atoms with E-state index >= 15 is 0 Å². The van der Waals surface area contributed by atoms with E-state index < -0.39 is 0 Å². The first-order valence-corrected chi connectivity index (χ1v) is 8.20. The molecule has 0 amide bonds. The smallest absolute Gasteiger partial charge is 0.00988 e. The summed E-state index contributed by atoms with van der Waals surface area (Å²) in [4.78, 5) is 2.86. The Bertz CT molecular complexity index is 268. The van der Waals surface area contributed by atoms with Gasteiger partial charge in [-0.25, -0.2) is 0 Å². The fraction of sp³-hybridized carbons (Fsp3) is 1.00. The van der Waals surface area contributed by atoms with Crippen molar-refractivity contribution in [2.24, 2.45) is 11.3 Å². The predicted molar refractivity (Wildman–Crippen MR) is 76.8 cm³/mol. The molecule has 2 unspecified atom stereocenters. The Morgan fingerprint density at radius 3 is 2.44 bits per heavy atom. The maximum Gasteiger partial charge on any atom is 0.00988 e. The highest BCUT2D eigenvalue weighted by Crippen LogP contribution is 2.42. The second-order valence-electron chi connectivity index (χ2n) is 7.21. The predicted octanol–water partition coefficient (Wildman–Crippen LogP) is 3.03. The Labute approximate surface area is 113 Å². The molecule has 0 aromatic heterocycles. The molecule has 18 heavy (non-hydrogen) atoms. The highest BCUT2D eigenvalue weighted by atomic mass is 15.2. The molecule has 1 aliphatic heterocycles. The summed E-state index contributed by atoms with van der Waals surface area (Å²) in [7, 11) is 2.14. The van der Waals surface area contributed by atoms with Crippen molar-refractivity contribution >= 4 is 0 Å². The topological polar surface area (TPSA) is 15.3 Å². The fourth-order valence-electron chi connectivity index (χ4n) is 4.90. The minimum atomic E-state index is 0.593. The zero-order valence-electron chi connectivity index (χ0n) is 12.1. The van der Waals surface area contributed by atoms with Crippen molar-refractivity contribution in [2.45, 2.75) is 63.8 Å². The lowest BCUT2D eigenvalue weighted by molar-refractivity contribution is 0.104. The summed E-state index contributed by atoms with van der Waals surface area (Å²) in [5.74, 6) is 1.05. The van der Waals surface area contributed by atoms with Crippen molar-refractivity contribution < 1.29 is 0 Å². The number of nitrogens with zero attached hydrogens (tertiary/aromatic N) is 1. The molecular formula is C16H30N2. The minimum Gasteiger partial charge on any atom is -0.319 e. The van der Waals surface area contributed by atoms with E-state index in [4.69, 9.17) is 0 Å². The molecule has 3 aliphatic rings. The summed E-state index contributed by atoms with van der Waals surface area (Å²) in [6.45, 7) is 4.03. The van der Waals surface area contributed by atoms with Gasteiger partial charge in [-0.05, 0) is 50.5 Å². The molecule has 2 atom stereocenters. The van der Waals surface area contributed by atoms with Crippen molar-refractivity contribution in [3.63, 3.8) is 0 Å². The molecule has 2 saturated carbocycles. The Kier molecular flexibility index (Phi) is 3.95. The summed E-state index contributed by atoms with van der Waals surface area (Å²) in [5, 5.41) is 3.50. The highest BCUT2D eigenvalue weighted by molar-refractivity contribution is 4.96. The molecule has 1 saturated heterocycles. The number of likely N-dealkylation sites (tertiary alicyclic amines) is 1. The van der Waals surface area contributed by atoms with Gasteiger partial charge in [0.1, 0.15) is 0 Å². The quantitative estimate of drug-likeness (QED) is 0.772. The lowest BCUT2D eigenvalue weighted by atomic mass is 9.79. The number of fused-ring (bicyclic) bond motifs is 2. The summed E-state index contributed by atoms with van der Waals surface area (Å²) < 4.78 is 0. The Hall–Kier alpha value is -0.0800. The average Bonchev–Trinajstić information content (AvgIpc) is 2.89. The van der Waals surface area contributed by atoms with Gasteiger partial charge in [-0.1, -0.05) is 25.7 Å². The normalized spacial score (nSPS) is 35.8. The van der Waals surface area contributed by atoms with Gasteiger partial charge in [-0.3, -0.25) is 4.90 Å². The van der Waals surface area contributed by atoms with Crippen LogP contribution in [0.15, 0.2) is 0 Å². The van der Waals surface area contributed by atoms with Crippen LogP contribution in [0.25, 0.3) is 0 Å². The number of piperidine rings is 1. The Balaban J connectivity index is 1.65. The van der Waals surface area contributed by atoms with Crippen LogP contribution in [0.4, 0.5) is 0 Å². The van der Waals surface area contributed by atoms with E-state index in [1.54, 1.807) is 0 Å². The summed E-state index contributed by atoms with van der Waals surface area (Å²) in [5.41, 5.74) is 0.593. The van der Waals surface area contributed by atoms with Crippen LogP contribution in [-0.2, 0) is 0 Å². The van der Waals surface area contributed by atoms with E-state index in [1.165, 1.54) is 77.4 Å². The molecule has 3 rings (SSSR count). The van der Waals surface area contributed by atoms with Crippen molar-refractivity contribution in [2.75, 3.05) is 26.7 Å². The van der Waals surface area contributed by atoms with Crippen LogP contribution in [0.1, 0.15) is 57.8 Å². The van der Waals surface area contributed by atoms with Gasteiger partial charge in [0.05, 0.1) is 0 Å². The molecule has 1 heterocycles. The minimum absolute atomic E-state index is 0.593. The molecule has 1 N–H and O–H groups in total. The molecule has 0 radical (unpaired) electrons. The number of hydrogen-bond donors (Lipinski definition) is 1. The van der Waals surface area contributed by atoms with Gasteiger partial charge >= 0.3 is 0 Å². The summed E-state index contributed by atoms with van der Waals surface area (Å²) in [6, 6.07) is 0.951. The molecule has 2 bridgehead atoms. The average molecular weight is 250 g/mol. The number of rotatable bonds is 4. The van der Waals surface area contributed by atoms with Crippen LogP contribution >= 0.6 is 0 Å². The second kappa shape index (κ2) is 5.50. The van der Waals surface area contributed by atoms with Crippen LogP contribution in [0.5, 0.6) is 0 Å². The summed E-state index contributed by atoms with van der Waals surface area (Å²) in [6.07, 6.45) is 13.3. The maximum atomic E-state index is 3.50. The van der Waals surface area contributed by atoms with Crippen LogP contribution in [-0.4, -0.2) is 37.6 Å². The van der Waals surface area contributed by atoms with Gasteiger partial charge in [-0.2, -0.15) is 0 Å². The third kappa shape index (κ3) is 2.60. The molecule has 0 aromatic carbocycles. The van der Waals surface area contributed by atoms with E-state index in [1.807, 2.05) is 0 Å². The van der Waals surface area contributed by atoms with Gasteiger partial charge in [0.15, 0.2) is 0 Å². The van der Waals surface area contributed by atoms with E-state index in [0.29, 0.717) is 5.41 Å². The Morgan fingerprint density at radius 1 is 1.11 bits per heavy atom. The van der Waals surface area contributed by atoms with Crippen molar-refractivity contribution in [3.05, 3.63) is 0 Å². The first-order chi connectivity index (χ1) is 8.81. The first kappa shape index (κ1) is 12.9. The van der Waals surface area contributed by atoms with Crippen molar-refractivity contribution in [1.29, 1.82) is 0 Å². The van der Waals surface area contributed by atoms with Crippen LogP contribution in [0.3, 0.4) is 0 Å². The Morgan fingerprint density at radius 2 is 1.89 bits per heavy atom. The van der Waals surface area contributed by atoms with Crippen LogP contribution < -0.4 is 5.32 Å². The van der Waals surface area contributed by atoms with E-state index in [0.717, 1.165) is 12.0 Å². The molecule has 0 aromatic rings. The van der Waals surface area contributed by atoms with Crippen molar-refractivity contribution in [1.82, 2.24) is 10.2 Å². The molecular weight excluding hydrogens is 220 g/mol. The van der Waals surface area contributed by atoms with Crippen molar-refractivity contribution in [3.8, 4) is 0 Å². The standard InChI is InChI=1S/C16H30N2/c1-17-12-16(8-4-2-3-5-9-16)13-18-11-14-6-7-15(18)10-14/h14-15,17H,2-13H2,1H3.